The molecular weight excluding hydrogens is 1410 g/mol. The summed E-state index contributed by atoms with van der Waals surface area (Å²) < 4.78 is 10.5. The van der Waals surface area contributed by atoms with Gasteiger partial charge in [0.15, 0.2) is 0 Å². The van der Waals surface area contributed by atoms with Gasteiger partial charge in [-0.2, -0.15) is 0 Å². The van der Waals surface area contributed by atoms with Crippen molar-refractivity contribution in [1.29, 1.82) is 0 Å². The first-order valence-electron chi connectivity index (χ1n) is 31.1. The Morgan fingerprint density at radius 2 is 0.628 bits per heavy atom. The second-order valence-electron chi connectivity index (χ2n) is 28.5. The molecule has 0 saturated carbocycles. The average Bonchev–Trinajstić information content (AvgIpc) is 1.73. The number of allylic oxidation sites excluding steroid dienone is 8. The molecule has 0 heterocycles. The first kappa shape index (κ1) is 65.2. The fraction of sp³-hybridized carbons (Fsp3) is 0.293. The molecule has 0 fully saturated rings. The van der Waals surface area contributed by atoms with Crippen molar-refractivity contribution in [3.8, 4) is 22.3 Å². The first-order valence-corrected chi connectivity index (χ1v) is 41.9. The van der Waals surface area contributed by atoms with Gasteiger partial charge in [-0.1, -0.05) is 0 Å². The Morgan fingerprint density at radius 1 is 0.337 bits per heavy atom. The molecule has 0 aromatic heterocycles. The van der Waals surface area contributed by atoms with Gasteiger partial charge in [0.1, 0.15) is 0 Å². The van der Waals surface area contributed by atoms with Crippen molar-refractivity contribution in [2.45, 2.75) is 156 Å². The van der Waals surface area contributed by atoms with Gasteiger partial charge in [0, 0.05) is 0 Å². The zero-order valence-electron chi connectivity index (χ0n) is 53.2. The van der Waals surface area contributed by atoms with Gasteiger partial charge in [0.05, 0.1) is 0 Å². The van der Waals surface area contributed by atoms with Crippen LogP contribution in [0.15, 0.2) is 225 Å². The molecule has 0 unspecified atom stereocenters. The molecule has 0 spiro atoms. The number of rotatable bonds is 12. The maximum Gasteiger partial charge on any atom is -1.00 e. The molecule has 0 aliphatic heterocycles. The third kappa shape index (κ3) is 14.9. The van der Waals surface area contributed by atoms with Crippen LogP contribution in [-0.2, 0) is 102 Å². The Bertz CT molecular complexity index is 3590. The summed E-state index contributed by atoms with van der Waals surface area (Å²) in [6, 6.07) is 69.9. The molecule has 0 saturated heterocycles. The van der Waals surface area contributed by atoms with E-state index in [0.29, 0.717) is 0 Å². The van der Waals surface area contributed by atoms with E-state index in [2.05, 4.69) is 302 Å². The minimum atomic E-state index is -2.76. The number of halogens is 2. The zero-order valence-corrected chi connectivity index (χ0v) is 61.9. The summed E-state index contributed by atoms with van der Waals surface area (Å²) in [5.74, 6) is 0. The van der Waals surface area contributed by atoms with E-state index in [0.717, 1.165) is 51.4 Å². The molecule has 440 valence electrons. The summed E-state index contributed by atoms with van der Waals surface area (Å²) in [4.78, 5) is 0. The maximum atomic E-state index is 2.67. The quantitative estimate of drug-likeness (QED) is 0.107. The number of hydrogen-bond donors (Lipinski definition) is 0. The molecule has 8 aromatic carbocycles. The Morgan fingerprint density at radius 3 is 0.895 bits per heavy atom. The first-order chi connectivity index (χ1) is 40.2. The van der Waals surface area contributed by atoms with Crippen LogP contribution >= 0.6 is 0 Å². The molecule has 4 heteroatoms. The molecule has 0 nitrogen and oxygen atoms in total. The molecule has 0 atom stereocenters. The van der Waals surface area contributed by atoms with Crippen LogP contribution in [0.2, 0.25) is 0 Å². The minimum Gasteiger partial charge on any atom is -1.00 e. The van der Waals surface area contributed by atoms with Crippen LogP contribution < -0.4 is 31.5 Å². The Balaban J connectivity index is 0.000000201. The SMILES string of the molecule is CC(C)(C)c1ccc2c(c1)-c1cc(C(C)(C)C)c[c]([Hf]([C]3=CC=CC3)=[C](Cc3ccccc3)Cc3ccccc3)c1C2.CC(C)(C)c1ccc2c(c1)-c1cc(C(C)(C)C)c[c]([Hf]([C]3=CC=CC3)=[C](Cc3ccccc3)Cc3ccccc3)c1C2.[Cl-].[Cl-]. The predicted octanol–water partition coefficient (Wildman–Crippen LogP) is 13.2. The van der Waals surface area contributed by atoms with E-state index in [4.69, 9.17) is 0 Å². The number of benzene rings is 8. The van der Waals surface area contributed by atoms with Gasteiger partial charge in [-0.25, -0.2) is 0 Å². The minimum absolute atomic E-state index is 0. The number of fused-ring (bicyclic) bond motifs is 6. The summed E-state index contributed by atoms with van der Waals surface area (Å²) in [7, 11) is 0. The Hall–Kier alpha value is -5.22. The van der Waals surface area contributed by atoms with Crippen LogP contribution in [0.3, 0.4) is 0 Å². The topological polar surface area (TPSA) is 0 Å². The van der Waals surface area contributed by atoms with Gasteiger partial charge in [0.25, 0.3) is 0 Å². The second kappa shape index (κ2) is 27.3. The van der Waals surface area contributed by atoms with E-state index in [-0.39, 0.29) is 46.5 Å². The molecule has 4 aliphatic carbocycles. The fourth-order valence-corrected chi connectivity index (χ4v) is 37.2. The number of hydrogen-bond acceptors (Lipinski definition) is 0. The predicted molar refractivity (Wildman–Crippen MR) is 358 cm³/mol. The summed E-state index contributed by atoms with van der Waals surface area (Å²) in [5.41, 5.74) is 24.3. The molecular formula is C82H88Cl2Hf2-2. The van der Waals surface area contributed by atoms with Gasteiger partial charge in [0.2, 0.25) is 0 Å². The van der Waals surface area contributed by atoms with Crippen molar-refractivity contribution >= 4 is 13.2 Å². The molecule has 4 aliphatic rings. The van der Waals surface area contributed by atoms with Crippen molar-refractivity contribution in [2.75, 3.05) is 0 Å². The molecule has 0 radical (unpaired) electrons. The van der Waals surface area contributed by atoms with Crippen LogP contribution in [0.1, 0.15) is 163 Å². The van der Waals surface area contributed by atoms with Crippen LogP contribution in [0.5, 0.6) is 0 Å². The Kier molecular flexibility index (Phi) is 20.7. The standard InChI is InChI=1S/2C21H25.2C15H14.2C5H5.2ClH.2Hf/c2*1-20(2,3)16-9-7-14-11-15-8-10-17(21(4,5)6)13-19(15)18(14)12-16;2*1-3-8-14(9-4-1)12-7-13-15-10-5-2-6-11-15;2*1-2-4-5-3-1;;;;/h2*7,9-10,12-13H,11H2,1-6H3;2*1-6,8-11H,12-13H2;2*1-3H,4H2;2*1H;;/p-2. The van der Waals surface area contributed by atoms with Crippen LogP contribution in [0.4, 0.5) is 0 Å². The average molecular weight is 1500 g/mol. The van der Waals surface area contributed by atoms with Gasteiger partial charge >= 0.3 is 525 Å². The van der Waals surface area contributed by atoms with Crippen LogP contribution in [0, 0.1) is 0 Å². The smallest absolute Gasteiger partial charge is 1.00 e. The fourth-order valence-electron chi connectivity index (χ4n) is 13.1. The van der Waals surface area contributed by atoms with Gasteiger partial charge in [-0.05, 0) is 0 Å². The molecule has 12 rings (SSSR count). The van der Waals surface area contributed by atoms with Crippen molar-refractivity contribution in [1.82, 2.24) is 0 Å². The van der Waals surface area contributed by atoms with Crippen molar-refractivity contribution in [3.63, 3.8) is 0 Å². The van der Waals surface area contributed by atoms with Crippen molar-refractivity contribution in [2.24, 2.45) is 0 Å². The molecule has 0 N–H and O–H groups in total. The molecule has 86 heavy (non-hydrogen) atoms. The van der Waals surface area contributed by atoms with Gasteiger partial charge in [-0.15, -0.1) is 0 Å². The monoisotopic (exact) mass is 1500 g/mol. The van der Waals surface area contributed by atoms with E-state index in [1.54, 1.807) is 30.9 Å². The van der Waals surface area contributed by atoms with E-state index < -0.39 is 41.9 Å². The van der Waals surface area contributed by atoms with E-state index in [9.17, 15) is 0 Å². The normalized spacial score (nSPS) is 13.7. The van der Waals surface area contributed by atoms with E-state index >= 15 is 0 Å². The van der Waals surface area contributed by atoms with Crippen molar-refractivity contribution < 1.29 is 66.7 Å². The molecule has 0 bridgehead atoms. The third-order valence-corrected chi connectivity index (χ3v) is 39.9. The zero-order chi connectivity index (χ0) is 59.0. The summed E-state index contributed by atoms with van der Waals surface area (Å²) in [6.45, 7) is 28.3. The summed E-state index contributed by atoms with van der Waals surface area (Å²) >= 11 is -5.52. The summed E-state index contributed by atoms with van der Waals surface area (Å²) in [6.07, 6.45) is 23.1. The van der Waals surface area contributed by atoms with Crippen LogP contribution in [-0.4, -0.2) is 6.51 Å². The van der Waals surface area contributed by atoms with Crippen LogP contribution in [0.25, 0.3) is 22.3 Å². The largest absolute Gasteiger partial charge is 1.00 e. The van der Waals surface area contributed by atoms with E-state index in [1.807, 2.05) is 0 Å². The molecule has 8 aromatic rings. The van der Waals surface area contributed by atoms with E-state index in [1.165, 1.54) is 77.9 Å². The third-order valence-electron chi connectivity index (χ3n) is 18.0. The second-order valence-corrected chi connectivity index (χ2v) is 47.4. The van der Waals surface area contributed by atoms with Gasteiger partial charge < -0.3 is 24.8 Å². The molecule has 0 amide bonds. The summed E-state index contributed by atoms with van der Waals surface area (Å²) in [5, 5.41) is 0. The Labute approximate surface area is 545 Å². The van der Waals surface area contributed by atoms with Gasteiger partial charge in [-0.3, -0.25) is 0 Å². The maximum absolute atomic E-state index is 2.76. The van der Waals surface area contributed by atoms with Crippen molar-refractivity contribution in [3.05, 3.63) is 292 Å².